The van der Waals surface area contributed by atoms with Gasteiger partial charge >= 0.3 is 6.16 Å². The maximum absolute atomic E-state index is 13.7. The van der Waals surface area contributed by atoms with Gasteiger partial charge < -0.3 is 14.2 Å². The fraction of sp³-hybridized carbons (Fsp3) is 0.412. The second kappa shape index (κ2) is 6.81. The Morgan fingerprint density at radius 3 is 2.65 bits per heavy atom. The summed E-state index contributed by atoms with van der Waals surface area (Å²) >= 11 is 0. The topological polar surface area (TPSA) is 61.8 Å². The average Bonchev–Trinajstić information content (AvgIpc) is 2.59. The van der Waals surface area contributed by atoms with Gasteiger partial charge in [-0.1, -0.05) is 0 Å². The minimum absolute atomic E-state index is 0.0192. The number of hydrogen-bond donors (Lipinski definition) is 0. The van der Waals surface area contributed by atoms with Crippen LogP contribution in [0.1, 0.15) is 39.2 Å². The number of carbonyl (C=O) groups excluding carboxylic acids is 1. The van der Waals surface area contributed by atoms with Crippen LogP contribution >= 0.6 is 0 Å². The van der Waals surface area contributed by atoms with Gasteiger partial charge in [0.1, 0.15) is 17.2 Å². The molecule has 2 rings (SSSR count). The monoisotopic (exact) mass is 322 g/mol. The average molecular weight is 322 g/mol. The third-order valence-corrected chi connectivity index (χ3v) is 2.93. The van der Waals surface area contributed by atoms with Gasteiger partial charge in [0.25, 0.3) is 0 Å². The number of rotatable bonds is 2. The number of carbonyl (C=O) groups is 1. The molecule has 1 aliphatic rings. The molecule has 0 aliphatic carbocycles. The summed E-state index contributed by atoms with van der Waals surface area (Å²) in [4.78, 5) is 24.2. The zero-order valence-corrected chi connectivity index (χ0v) is 13.3. The quantitative estimate of drug-likeness (QED) is 0.778. The van der Waals surface area contributed by atoms with Crippen molar-refractivity contribution >= 4 is 11.9 Å². The molecule has 0 spiro atoms. The van der Waals surface area contributed by atoms with Gasteiger partial charge in [-0.15, -0.1) is 0 Å². The molecule has 1 heterocycles. The van der Waals surface area contributed by atoms with E-state index in [1.165, 1.54) is 0 Å². The van der Waals surface area contributed by atoms with Crippen LogP contribution in [0, 0.1) is 5.82 Å². The minimum Gasteiger partial charge on any atom is -0.493 e. The first-order valence-corrected chi connectivity index (χ1v) is 7.34. The fourth-order valence-electron chi connectivity index (χ4n) is 1.98. The molecule has 0 aromatic heterocycles. The van der Waals surface area contributed by atoms with Gasteiger partial charge in [-0.25, -0.2) is 9.18 Å². The molecule has 0 radical (unpaired) electrons. The van der Waals surface area contributed by atoms with Crippen molar-refractivity contribution < 1.29 is 23.4 Å². The van der Waals surface area contributed by atoms with Crippen LogP contribution in [0.3, 0.4) is 0 Å². The third-order valence-electron chi connectivity index (χ3n) is 2.93. The molecular weight excluding hydrogens is 303 g/mol. The van der Waals surface area contributed by atoms with Crippen molar-refractivity contribution in [3.63, 3.8) is 0 Å². The number of halogens is 1. The molecule has 0 atom stereocenters. The van der Waals surface area contributed by atoms with Crippen LogP contribution in [0.4, 0.5) is 9.18 Å². The first-order chi connectivity index (χ1) is 10.8. The molecule has 0 N–H and O–H groups in total. The summed E-state index contributed by atoms with van der Waals surface area (Å²) in [6.07, 6.45) is 2.26. The summed E-state index contributed by atoms with van der Waals surface area (Å²) < 4.78 is 29.1. The van der Waals surface area contributed by atoms with E-state index in [0.29, 0.717) is 12.4 Å². The molecule has 6 heteroatoms. The second-order valence-electron chi connectivity index (χ2n) is 6.10. The van der Waals surface area contributed by atoms with E-state index >= 15 is 0 Å². The molecule has 124 valence electrons. The standard InChI is InChI=1S/C17H19FO5/c1-17(2,3)23-16(20)22-14-8-7-11(18)10-12(15(14)19)13-6-4-5-9-21-13/h6-8,10H,4-5,9H2,1-3H3. The molecular formula is C17H19FO5. The maximum Gasteiger partial charge on any atom is 0.514 e. The Kier molecular flexibility index (Phi) is 5.03. The smallest absolute Gasteiger partial charge is 0.493 e. The van der Waals surface area contributed by atoms with Gasteiger partial charge in [-0.05, 0) is 57.9 Å². The highest BCUT2D eigenvalue weighted by Crippen LogP contribution is 2.21. The molecule has 0 unspecified atom stereocenters. The van der Waals surface area contributed by atoms with Gasteiger partial charge in [0.05, 0.1) is 12.2 Å². The Balaban J connectivity index is 2.38. The van der Waals surface area contributed by atoms with E-state index in [1.54, 1.807) is 26.8 Å². The van der Waals surface area contributed by atoms with Gasteiger partial charge in [0, 0.05) is 0 Å². The van der Waals surface area contributed by atoms with E-state index < -0.39 is 23.0 Å². The first kappa shape index (κ1) is 17.0. The second-order valence-corrected chi connectivity index (χ2v) is 6.10. The lowest BCUT2D eigenvalue weighted by atomic mass is 10.1. The molecule has 1 aromatic rings. The Hall–Kier alpha value is -2.37. The highest BCUT2D eigenvalue weighted by atomic mass is 19.1. The van der Waals surface area contributed by atoms with E-state index in [4.69, 9.17) is 14.2 Å². The lowest BCUT2D eigenvalue weighted by Gasteiger charge is -2.18. The fourth-order valence-corrected chi connectivity index (χ4v) is 1.98. The van der Waals surface area contributed by atoms with E-state index in [1.807, 2.05) is 0 Å². The predicted molar refractivity (Wildman–Crippen MR) is 82.7 cm³/mol. The normalized spacial score (nSPS) is 14.5. The summed E-state index contributed by atoms with van der Waals surface area (Å²) in [5.74, 6) is -0.648. The van der Waals surface area contributed by atoms with Gasteiger partial charge in [0.2, 0.25) is 5.43 Å². The van der Waals surface area contributed by atoms with Crippen LogP contribution in [0.25, 0.3) is 5.76 Å². The zero-order chi connectivity index (χ0) is 17.0. The molecule has 0 saturated heterocycles. The summed E-state index contributed by atoms with van der Waals surface area (Å²) in [6, 6.07) is 3.23. The zero-order valence-electron chi connectivity index (χ0n) is 13.3. The van der Waals surface area contributed by atoms with Crippen molar-refractivity contribution in [2.24, 2.45) is 0 Å². The van der Waals surface area contributed by atoms with Gasteiger partial charge in [0.15, 0.2) is 5.75 Å². The van der Waals surface area contributed by atoms with E-state index in [2.05, 4.69) is 0 Å². The van der Waals surface area contributed by atoms with Crippen molar-refractivity contribution in [1.29, 1.82) is 0 Å². The number of hydrogen-bond acceptors (Lipinski definition) is 5. The van der Waals surface area contributed by atoms with E-state index in [9.17, 15) is 14.0 Å². The molecule has 23 heavy (non-hydrogen) atoms. The van der Waals surface area contributed by atoms with Crippen molar-refractivity contribution in [2.75, 3.05) is 6.61 Å². The van der Waals surface area contributed by atoms with Gasteiger partial charge in [-0.3, -0.25) is 4.79 Å². The molecule has 1 aliphatic heterocycles. The van der Waals surface area contributed by atoms with Crippen LogP contribution in [-0.2, 0) is 9.47 Å². The molecule has 1 aromatic carbocycles. The van der Waals surface area contributed by atoms with E-state index in [0.717, 1.165) is 31.0 Å². The SMILES string of the molecule is CC(C)(C)OC(=O)Oc1ccc(F)cc(C2=CCCCO2)c1=O. The summed E-state index contributed by atoms with van der Waals surface area (Å²) in [7, 11) is 0. The van der Waals surface area contributed by atoms with Crippen LogP contribution in [-0.4, -0.2) is 18.4 Å². The van der Waals surface area contributed by atoms with Crippen molar-refractivity contribution in [2.45, 2.75) is 39.2 Å². The Bertz CT molecular complexity index is 688. The van der Waals surface area contributed by atoms with Crippen LogP contribution < -0.4 is 10.2 Å². The molecule has 0 fully saturated rings. The van der Waals surface area contributed by atoms with Crippen LogP contribution in [0.2, 0.25) is 0 Å². The summed E-state index contributed by atoms with van der Waals surface area (Å²) in [6.45, 7) is 5.46. The Morgan fingerprint density at radius 2 is 2.04 bits per heavy atom. The number of allylic oxidation sites excluding steroid dienone is 1. The molecule has 0 bridgehead atoms. The van der Waals surface area contributed by atoms with Crippen LogP contribution in [0.15, 0.2) is 29.1 Å². The summed E-state index contributed by atoms with van der Waals surface area (Å²) in [5, 5.41) is 0. The number of ether oxygens (including phenoxy) is 3. The highest BCUT2D eigenvalue weighted by Gasteiger charge is 2.21. The molecule has 0 saturated carbocycles. The van der Waals surface area contributed by atoms with Crippen molar-refractivity contribution in [1.82, 2.24) is 0 Å². The minimum atomic E-state index is -1.02. The largest absolute Gasteiger partial charge is 0.514 e. The molecule has 5 nitrogen and oxygen atoms in total. The van der Waals surface area contributed by atoms with Gasteiger partial charge in [-0.2, -0.15) is 0 Å². The van der Waals surface area contributed by atoms with Crippen LogP contribution in [0.5, 0.6) is 5.75 Å². The van der Waals surface area contributed by atoms with E-state index in [-0.39, 0.29) is 11.3 Å². The Labute approximate surface area is 133 Å². The Morgan fingerprint density at radius 1 is 1.30 bits per heavy atom. The molecule has 0 amide bonds. The summed E-state index contributed by atoms with van der Waals surface area (Å²) in [5.41, 5.74) is -1.38. The maximum atomic E-state index is 13.7. The third kappa shape index (κ3) is 4.81. The highest BCUT2D eigenvalue weighted by molar-refractivity contribution is 5.66. The van der Waals surface area contributed by atoms with Crippen molar-refractivity contribution in [3.05, 3.63) is 45.9 Å². The first-order valence-electron chi connectivity index (χ1n) is 7.34. The lowest BCUT2D eigenvalue weighted by molar-refractivity contribution is 0.0204. The van der Waals surface area contributed by atoms with Crippen molar-refractivity contribution in [3.8, 4) is 5.75 Å². The predicted octanol–water partition coefficient (Wildman–Crippen LogP) is 3.65. The lowest BCUT2D eigenvalue weighted by Crippen LogP contribution is -2.27.